The van der Waals surface area contributed by atoms with E-state index < -0.39 is 0 Å². The van der Waals surface area contributed by atoms with Gasteiger partial charge in [-0.3, -0.25) is 0 Å². The summed E-state index contributed by atoms with van der Waals surface area (Å²) in [4.78, 5) is 0. The largest absolute Gasteiger partial charge is 0.324 e. The second kappa shape index (κ2) is 4.93. The molecule has 0 aromatic heterocycles. The van der Waals surface area contributed by atoms with Crippen molar-refractivity contribution < 1.29 is 4.39 Å². The molecular formula is C15H21BrFN. The minimum absolute atomic E-state index is 0.108. The smallest absolute Gasteiger partial charge is 0.137 e. The Balaban J connectivity index is 2.29. The molecule has 1 aromatic carbocycles. The molecule has 0 aliphatic heterocycles. The van der Waals surface area contributed by atoms with Gasteiger partial charge in [0.1, 0.15) is 5.82 Å². The number of rotatable bonds is 2. The van der Waals surface area contributed by atoms with E-state index >= 15 is 0 Å². The van der Waals surface area contributed by atoms with Crippen molar-refractivity contribution in [3.05, 3.63) is 34.1 Å². The molecule has 1 saturated carbocycles. The molecule has 0 radical (unpaired) electrons. The molecule has 18 heavy (non-hydrogen) atoms. The summed E-state index contributed by atoms with van der Waals surface area (Å²) in [7, 11) is 0. The molecule has 1 nitrogen and oxygen atoms in total. The first-order valence-corrected chi connectivity index (χ1v) is 7.37. The summed E-state index contributed by atoms with van der Waals surface area (Å²) < 4.78 is 14.1. The Morgan fingerprint density at radius 2 is 1.94 bits per heavy atom. The highest BCUT2D eigenvalue weighted by molar-refractivity contribution is 9.10. The Bertz CT molecular complexity index is 444. The Morgan fingerprint density at radius 1 is 1.28 bits per heavy atom. The molecule has 3 heteroatoms. The summed E-state index contributed by atoms with van der Waals surface area (Å²) in [5, 5.41) is 0. The Morgan fingerprint density at radius 3 is 2.61 bits per heavy atom. The van der Waals surface area contributed by atoms with Crippen LogP contribution in [0.25, 0.3) is 0 Å². The van der Waals surface area contributed by atoms with Crippen molar-refractivity contribution >= 4 is 15.9 Å². The maximum Gasteiger partial charge on any atom is 0.137 e. The fourth-order valence-corrected chi connectivity index (χ4v) is 3.35. The van der Waals surface area contributed by atoms with Gasteiger partial charge < -0.3 is 5.73 Å². The normalized spacial score (nSPS) is 27.2. The first-order chi connectivity index (χ1) is 8.36. The van der Waals surface area contributed by atoms with Crippen LogP contribution in [0.3, 0.4) is 0 Å². The van der Waals surface area contributed by atoms with Gasteiger partial charge >= 0.3 is 0 Å². The van der Waals surface area contributed by atoms with Crippen LogP contribution < -0.4 is 5.73 Å². The first kappa shape index (κ1) is 14.0. The third kappa shape index (κ3) is 2.48. The topological polar surface area (TPSA) is 26.0 Å². The lowest BCUT2D eigenvalue weighted by Crippen LogP contribution is -2.56. The lowest BCUT2D eigenvalue weighted by Gasteiger charge is -2.48. The van der Waals surface area contributed by atoms with E-state index in [1.807, 2.05) is 6.07 Å². The molecule has 100 valence electrons. The highest BCUT2D eigenvalue weighted by Crippen LogP contribution is 2.44. The van der Waals surface area contributed by atoms with Crippen molar-refractivity contribution in [1.82, 2.24) is 0 Å². The van der Waals surface area contributed by atoms with Crippen molar-refractivity contribution in [3.8, 4) is 0 Å². The van der Waals surface area contributed by atoms with Crippen LogP contribution in [0.2, 0.25) is 0 Å². The predicted molar refractivity (Wildman–Crippen MR) is 77.0 cm³/mol. The predicted octanol–water partition coefficient (Wildman–Crippen LogP) is 4.43. The van der Waals surface area contributed by atoms with Crippen molar-refractivity contribution in [2.45, 2.75) is 51.5 Å². The lowest BCUT2D eigenvalue weighted by atomic mass is 9.61. The van der Waals surface area contributed by atoms with E-state index in [1.165, 1.54) is 18.9 Å². The van der Waals surface area contributed by atoms with Gasteiger partial charge in [0.05, 0.1) is 4.47 Å². The molecule has 0 heterocycles. The lowest BCUT2D eigenvalue weighted by molar-refractivity contribution is 0.0988. The fraction of sp³-hybridized carbons (Fsp3) is 0.600. The highest BCUT2D eigenvalue weighted by atomic mass is 79.9. The van der Waals surface area contributed by atoms with Crippen LogP contribution in [-0.4, -0.2) is 5.54 Å². The van der Waals surface area contributed by atoms with Crippen LogP contribution in [0.5, 0.6) is 0 Å². The van der Waals surface area contributed by atoms with Crippen molar-refractivity contribution in [1.29, 1.82) is 0 Å². The van der Waals surface area contributed by atoms with E-state index in [0.29, 0.717) is 4.47 Å². The number of benzene rings is 1. The molecular weight excluding hydrogens is 293 g/mol. The summed E-state index contributed by atoms with van der Waals surface area (Å²) in [6.07, 6.45) is 5.32. The number of hydrogen-bond acceptors (Lipinski definition) is 1. The minimum atomic E-state index is -0.235. The molecule has 1 aromatic rings. The van der Waals surface area contributed by atoms with E-state index in [9.17, 15) is 4.39 Å². The zero-order valence-electron chi connectivity index (χ0n) is 11.1. The van der Waals surface area contributed by atoms with Crippen LogP contribution in [0.15, 0.2) is 22.7 Å². The second-order valence-electron chi connectivity index (χ2n) is 6.14. The standard InChI is InChI=1S/C15H21BrFN/c1-14(2)8-3-4-9-15(14,18)10-11-6-5-7-12(17)13(11)16/h5-7H,3-4,8-10,18H2,1-2H3. The van der Waals surface area contributed by atoms with Gasteiger partial charge in [0.25, 0.3) is 0 Å². The fourth-order valence-electron chi connectivity index (χ4n) is 2.95. The minimum Gasteiger partial charge on any atom is -0.324 e. The molecule has 1 aliphatic carbocycles. The van der Waals surface area contributed by atoms with Crippen molar-refractivity contribution in [2.24, 2.45) is 11.1 Å². The van der Waals surface area contributed by atoms with Gasteiger partial charge in [0, 0.05) is 5.54 Å². The summed E-state index contributed by atoms with van der Waals surface area (Å²) in [6.45, 7) is 4.47. The summed E-state index contributed by atoms with van der Waals surface area (Å²) >= 11 is 3.34. The van der Waals surface area contributed by atoms with Gasteiger partial charge in [-0.2, -0.15) is 0 Å². The van der Waals surface area contributed by atoms with Crippen LogP contribution in [0, 0.1) is 11.2 Å². The quantitative estimate of drug-likeness (QED) is 0.859. The molecule has 2 rings (SSSR count). The monoisotopic (exact) mass is 313 g/mol. The first-order valence-electron chi connectivity index (χ1n) is 6.57. The van der Waals surface area contributed by atoms with Gasteiger partial charge in [-0.1, -0.05) is 38.8 Å². The maximum absolute atomic E-state index is 13.6. The van der Waals surface area contributed by atoms with E-state index in [1.54, 1.807) is 6.07 Å². The molecule has 1 atom stereocenters. The van der Waals surface area contributed by atoms with Crippen molar-refractivity contribution in [2.75, 3.05) is 0 Å². The van der Waals surface area contributed by atoms with Crippen LogP contribution in [0.4, 0.5) is 4.39 Å². The number of halogens is 2. The maximum atomic E-state index is 13.6. The molecule has 0 saturated heterocycles. The van der Waals surface area contributed by atoms with Crippen LogP contribution >= 0.6 is 15.9 Å². The van der Waals surface area contributed by atoms with Crippen molar-refractivity contribution in [3.63, 3.8) is 0 Å². The zero-order chi connectivity index (χ0) is 13.4. The Kier molecular flexibility index (Phi) is 3.84. The third-order valence-electron chi connectivity index (χ3n) is 4.56. The molecule has 0 bridgehead atoms. The van der Waals surface area contributed by atoms with E-state index in [2.05, 4.69) is 29.8 Å². The average molecular weight is 314 g/mol. The molecule has 1 unspecified atom stereocenters. The third-order valence-corrected chi connectivity index (χ3v) is 5.45. The van der Waals surface area contributed by atoms with Gasteiger partial charge in [0.2, 0.25) is 0 Å². The average Bonchev–Trinajstić information content (AvgIpc) is 2.29. The zero-order valence-corrected chi connectivity index (χ0v) is 12.7. The molecule has 0 amide bonds. The van der Waals surface area contributed by atoms with Gasteiger partial charge in [-0.05, 0) is 52.2 Å². The molecule has 2 N–H and O–H groups in total. The Hall–Kier alpha value is -0.410. The van der Waals surface area contributed by atoms with E-state index in [-0.39, 0.29) is 16.8 Å². The summed E-state index contributed by atoms with van der Waals surface area (Å²) in [5.74, 6) is -0.204. The van der Waals surface area contributed by atoms with Crippen LogP contribution in [0.1, 0.15) is 45.1 Å². The summed E-state index contributed by atoms with van der Waals surface area (Å²) in [5.41, 5.74) is 7.50. The second-order valence-corrected chi connectivity index (χ2v) is 6.93. The highest BCUT2D eigenvalue weighted by Gasteiger charge is 2.43. The molecule has 0 spiro atoms. The van der Waals surface area contributed by atoms with Gasteiger partial charge in [-0.15, -0.1) is 0 Å². The Labute approximate surface area is 117 Å². The number of hydrogen-bond donors (Lipinski definition) is 1. The summed E-state index contributed by atoms with van der Waals surface area (Å²) in [6, 6.07) is 5.20. The van der Waals surface area contributed by atoms with E-state index in [4.69, 9.17) is 5.73 Å². The SMILES string of the molecule is CC1(C)CCCCC1(N)Cc1cccc(F)c1Br. The van der Waals surface area contributed by atoms with Gasteiger partial charge in [-0.25, -0.2) is 4.39 Å². The molecule has 1 aliphatic rings. The molecule has 1 fully saturated rings. The number of nitrogens with two attached hydrogens (primary N) is 1. The van der Waals surface area contributed by atoms with E-state index in [0.717, 1.165) is 24.8 Å². The van der Waals surface area contributed by atoms with Gasteiger partial charge in [0.15, 0.2) is 0 Å². The van der Waals surface area contributed by atoms with Crippen LogP contribution in [-0.2, 0) is 6.42 Å².